The molecule has 1 heterocycles. The Morgan fingerprint density at radius 2 is 2.05 bits per heavy atom. The highest BCUT2D eigenvalue weighted by Crippen LogP contribution is 2.31. The summed E-state index contributed by atoms with van der Waals surface area (Å²) in [5.74, 6) is -0.850. The number of halogens is 1. The zero-order chi connectivity index (χ0) is 14.1. The van der Waals surface area contributed by atoms with Crippen molar-refractivity contribution >= 4 is 38.5 Å². The number of para-hydroxylation sites is 1. The van der Waals surface area contributed by atoms with Crippen molar-refractivity contribution in [1.82, 2.24) is 0 Å². The monoisotopic (exact) mass is 288 g/mol. The predicted molar refractivity (Wildman–Crippen MR) is 78.2 cm³/mol. The van der Waals surface area contributed by atoms with Crippen LogP contribution in [-0.2, 0) is 0 Å². The molecule has 6 heteroatoms. The Morgan fingerprint density at radius 1 is 1.20 bits per heavy atom. The summed E-state index contributed by atoms with van der Waals surface area (Å²) in [4.78, 5) is 10.2. The Balaban J connectivity index is 2.02. The Labute approximate surface area is 117 Å². The third-order valence-electron chi connectivity index (χ3n) is 2.90. The van der Waals surface area contributed by atoms with Crippen molar-refractivity contribution in [1.29, 1.82) is 0 Å². The van der Waals surface area contributed by atoms with Gasteiger partial charge in [0.25, 0.3) is 0 Å². The van der Waals surface area contributed by atoms with E-state index in [4.69, 9.17) is 0 Å². The topological polar surface area (TPSA) is 55.2 Å². The van der Waals surface area contributed by atoms with Crippen LogP contribution in [-0.4, -0.2) is 4.92 Å². The summed E-state index contributed by atoms with van der Waals surface area (Å²) >= 11 is 1.62. The molecule has 1 N–H and O–H groups in total. The Morgan fingerprint density at radius 3 is 2.85 bits per heavy atom. The molecule has 3 aromatic rings. The minimum atomic E-state index is -0.850. The van der Waals surface area contributed by atoms with Gasteiger partial charge < -0.3 is 5.32 Å². The first-order chi connectivity index (χ1) is 9.65. The smallest absolute Gasteiger partial charge is 0.327 e. The number of thiophene rings is 1. The molecule has 0 atom stereocenters. The zero-order valence-corrected chi connectivity index (χ0v) is 11.0. The number of nitrogens with zero attached hydrogens (tertiary/aromatic N) is 1. The molecule has 0 spiro atoms. The molecule has 1 aromatic heterocycles. The van der Waals surface area contributed by atoms with E-state index in [9.17, 15) is 14.5 Å². The van der Waals surface area contributed by atoms with Gasteiger partial charge in [0.15, 0.2) is 0 Å². The van der Waals surface area contributed by atoms with E-state index in [0.717, 1.165) is 16.2 Å². The average molecular weight is 288 g/mol. The summed E-state index contributed by atoms with van der Waals surface area (Å²) in [7, 11) is 0. The fourth-order valence-corrected chi connectivity index (χ4v) is 2.77. The molecule has 2 aromatic carbocycles. The molecule has 0 fully saturated rings. The van der Waals surface area contributed by atoms with Gasteiger partial charge in [0.05, 0.1) is 4.92 Å². The molecule has 0 saturated heterocycles. The predicted octanol–water partition coefficient (Wildman–Crippen LogP) is 4.69. The standard InChI is InChI=1S/C14H9FN2O2S/c15-11-2-1-3-12(14(11)17(18)19)16-10-4-5-13-9(8-10)6-7-20-13/h1-8,16H. The second-order valence-electron chi connectivity index (χ2n) is 4.19. The van der Waals surface area contributed by atoms with Crippen molar-refractivity contribution in [2.45, 2.75) is 0 Å². The maximum Gasteiger partial charge on any atom is 0.327 e. The molecule has 4 nitrogen and oxygen atoms in total. The first-order valence-electron chi connectivity index (χ1n) is 5.82. The van der Waals surface area contributed by atoms with Gasteiger partial charge in [-0.25, -0.2) is 0 Å². The molecule has 0 amide bonds. The number of anilines is 2. The van der Waals surface area contributed by atoms with Crippen molar-refractivity contribution in [2.24, 2.45) is 0 Å². The van der Waals surface area contributed by atoms with E-state index in [1.807, 2.05) is 29.6 Å². The van der Waals surface area contributed by atoms with E-state index < -0.39 is 16.4 Å². The number of hydrogen-bond donors (Lipinski definition) is 1. The van der Waals surface area contributed by atoms with Gasteiger partial charge in [-0.05, 0) is 47.2 Å². The van der Waals surface area contributed by atoms with Crippen LogP contribution in [0.5, 0.6) is 0 Å². The third kappa shape index (κ3) is 2.21. The van der Waals surface area contributed by atoms with Crippen LogP contribution in [0.1, 0.15) is 0 Å². The van der Waals surface area contributed by atoms with Crippen LogP contribution in [0.4, 0.5) is 21.5 Å². The number of nitro benzene ring substituents is 1. The first-order valence-corrected chi connectivity index (χ1v) is 6.70. The molecule has 100 valence electrons. The molecule has 0 aliphatic rings. The van der Waals surface area contributed by atoms with Crippen LogP contribution >= 0.6 is 11.3 Å². The molecule has 0 bridgehead atoms. The molecule has 3 rings (SSSR count). The Kier molecular flexibility index (Phi) is 3.08. The van der Waals surface area contributed by atoms with Crippen molar-refractivity contribution < 1.29 is 9.31 Å². The highest BCUT2D eigenvalue weighted by Gasteiger charge is 2.19. The van der Waals surface area contributed by atoms with Gasteiger partial charge in [-0.1, -0.05) is 6.07 Å². The van der Waals surface area contributed by atoms with Gasteiger partial charge in [-0.2, -0.15) is 4.39 Å². The number of rotatable bonds is 3. The lowest BCUT2D eigenvalue weighted by Gasteiger charge is -2.07. The lowest BCUT2D eigenvalue weighted by Crippen LogP contribution is -1.99. The Bertz CT molecular complexity index is 801. The quantitative estimate of drug-likeness (QED) is 0.561. The summed E-state index contributed by atoms with van der Waals surface area (Å²) in [5, 5.41) is 16.8. The summed E-state index contributed by atoms with van der Waals surface area (Å²) in [6.45, 7) is 0. The van der Waals surface area contributed by atoms with Crippen LogP contribution in [0.2, 0.25) is 0 Å². The average Bonchev–Trinajstić information content (AvgIpc) is 2.85. The first kappa shape index (κ1) is 12.6. The zero-order valence-electron chi connectivity index (χ0n) is 10.2. The molecule has 0 aliphatic heterocycles. The second kappa shape index (κ2) is 4.90. The molecular formula is C14H9FN2O2S. The number of nitro groups is 1. The fraction of sp³-hybridized carbons (Fsp3) is 0. The Hall–Kier alpha value is -2.47. The van der Waals surface area contributed by atoms with Crippen LogP contribution in [0.15, 0.2) is 47.8 Å². The van der Waals surface area contributed by atoms with Crippen molar-refractivity contribution in [2.75, 3.05) is 5.32 Å². The molecule has 0 radical (unpaired) electrons. The van der Waals surface area contributed by atoms with Gasteiger partial charge in [0, 0.05) is 10.4 Å². The summed E-state index contributed by atoms with van der Waals surface area (Å²) in [6.07, 6.45) is 0. The third-order valence-corrected chi connectivity index (χ3v) is 3.80. The van der Waals surface area contributed by atoms with Crippen LogP contribution < -0.4 is 5.32 Å². The molecular weight excluding hydrogens is 279 g/mol. The highest BCUT2D eigenvalue weighted by molar-refractivity contribution is 7.17. The molecule has 0 unspecified atom stereocenters. The second-order valence-corrected chi connectivity index (χ2v) is 5.14. The number of benzene rings is 2. The fourth-order valence-electron chi connectivity index (χ4n) is 2.00. The summed E-state index contributed by atoms with van der Waals surface area (Å²) < 4.78 is 14.7. The van der Waals surface area contributed by atoms with Gasteiger partial charge in [-0.15, -0.1) is 11.3 Å². The van der Waals surface area contributed by atoms with Gasteiger partial charge in [0.1, 0.15) is 5.69 Å². The van der Waals surface area contributed by atoms with Crippen LogP contribution in [0.25, 0.3) is 10.1 Å². The largest absolute Gasteiger partial charge is 0.350 e. The molecule has 20 heavy (non-hydrogen) atoms. The van der Waals surface area contributed by atoms with E-state index in [-0.39, 0.29) is 5.69 Å². The van der Waals surface area contributed by atoms with Gasteiger partial charge in [0.2, 0.25) is 5.82 Å². The number of nitrogens with one attached hydrogen (secondary N) is 1. The normalized spacial score (nSPS) is 10.7. The van der Waals surface area contributed by atoms with E-state index in [1.54, 1.807) is 11.3 Å². The van der Waals surface area contributed by atoms with E-state index >= 15 is 0 Å². The maximum atomic E-state index is 13.5. The van der Waals surface area contributed by atoms with Gasteiger partial charge >= 0.3 is 5.69 Å². The van der Waals surface area contributed by atoms with E-state index in [1.165, 1.54) is 12.1 Å². The van der Waals surface area contributed by atoms with Crippen molar-refractivity contribution in [3.63, 3.8) is 0 Å². The maximum absolute atomic E-state index is 13.5. The minimum Gasteiger partial charge on any atom is -0.350 e. The summed E-state index contributed by atoms with van der Waals surface area (Å²) in [6, 6.07) is 11.6. The lowest BCUT2D eigenvalue weighted by molar-refractivity contribution is -0.386. The number of fused-ring (bicyclic) bond motifs is 1. The van der Waals surface area contributed by atoms with Crippen LogP contribution in [0, 0.1) is 15.9 Å². The van der Waals surface area contributed by atoms with Crippen LogP contribution in [0.3, 0.4) is 0 Å². The van der Waals surface area contributed by atoms with Crippen molar-refractivity contribution in [3.8, 4) is 0 Å². The highest BCUT2D eigenvalue weighted by atomic mass is 32.1. The molecule has 0 saturated carbocycles. The van der Waals surface area contributed by atoms with E-state index in [2.05, 4.69) is 5.32 Å². The molecule has 0 aliphatic carbocycles. The SMILES string of the molecule is O=[N+]([O-])c1c(F)cccc1Nc1ccc2sccc2c1. The number of hydrogen-bond acceptors (Lipinski definition) is 4. The minimum absolute atomic E-state index is 0.143. The van der Waals surface area contributed by atoms with E-state index in [0.29, 0.717) is 5.69 Å². The van der Waals surface area contributed by atoms with Crippen molar-refractivity contribution in [3.05, 3.63) is 63.8 Å². The van der Waals surface area contributed by atoms with Gasteiger partial charge in [-0.3, -0.25) is 10.1 Å². The lowest BCUT2D eigenvalue weighted by atomic mass is 10.2. The summed E-state index contributed by atoms with van der Waals surface area (Å²) in [5.41, 5.74) is 0.284.